The third-order valence-corrected chi connectivity index (χ3v) is 3.57. The number of benzene rings is 3. The van der Waals surface area contributed by atoms with Gasteiger partial charge in [-0.25, -0.2) is 0 Å². The van der Waals surface area contributed by atoms with Gasteiger partial charge in [0.2, 0.25) is 0 Å². The number of rotatable bonds is 6. The van der Waals surface area contributed by atoms with E-state index in [-0.39, 0.29) is 0 Å². The van der Waals surface area contributed by atoms with Crippen molar-refractivity contribution in [3.05, 3.63) is 95.6 Å². The molecule has 0 aromatic heterocycles. The van der Waals surface area contributed by atoms with E-state index < -0.39 is 0 Å². The Bertz CT molecular complexity index is 796. The zero-order chi connectivity index (χ0) is 16.6. The molecule has 3 aromatic carbocycles. The molecule has 0 heterocycles. The lowest BCUT2D eigenvalue weighted by atomic mass is 10.2. The second-order valence-electron chi connectivity index (χ2n) is 5.58. The van der Waals surface area contributed by atoms with Crippen molar-refractivity contribution < 1.29 is 4.74 Å². The maximum Gasteiger partial charge on any atom is 0.120 e. The van der Waals surface area contributed by atoms with Crippen LogP contribution in [0.4, 0.5) is 5.69 Å². The van der Waals surface area contributed by atoms with Gasteiger partial charge in [0.1, 0.15) is 12.4 Å². The summed E-state index contributed by atoms with van der Waals surface area (Å²) < 4.78 is 5.83. The third-order valence-electron chi connectivity index (χ3n) is 3.57. The number of ether oxygens (including phenoxy) is 1. The highest BCUT2D eigenvalue weighted by atomic mass is 16.5. The van der Waals surface area contributed by atoms with Gasteiger partial charge in [-0.3, -0.25) is 5.43 Å². The van der Waals surface area contributed by atoms with Gasteiger partial charge in [0.15, 0.2) is 0 Å². The molecule has 3 heteroatoms. The van der Waals surface area contributed by atoms with Gasteiger partial charge >= 0.3 is 0 Å². The number of hydrazone groups is 1. The van der Waals surface area contributed by atoms with Crippen molar-refractivity contribution >= 4 is 11.9 Å². The molecule has 3 nitrogen and oxygen atoms in total. The van der Waals surface area contributed by atoms with Gasteiger partial charge in [0.05, 0.1) is 11.9 Å². The fourth-order valence-corrected chi connectivity index (χ4v) is 2.23. The molecule has 0 saturated heterocycles. The van der Waals surface area contributed by atoms with Crippen LogP contribution in [0, 0.1) is 6.92 Å². The first kappa shape index (κ1) is 15.8. The topological polar surface area (TPSA) is 33.6 Å². The zero-order valence-electron chi connectivity index (χ0n) is 13.6. The van der Waals surface area contributed by atoms with Gasteiger partial charge in [-0.2, -0.15) is 5.10 Å². The Balaban J connectivity index is 1.58. The average molecular weight is 316 g/mol. The Morgan fingerprint density at radius 3 is 2.50 bits per heavy atom. The van der Waals surface area contributed by atoms with Crippen LogP contribution in [0.5, 0.6) is 5.75 Å². The molecule has 0 bridgehead atoms. The number of hydrogen-bond acceptors (Lipinski definition) is 3. The molecule has 120 valence electrons. The maximum atomic E-state index is 5.83. The number of hydrogen-bond donors (Lipinski definition) is 1. The first-order valence-corrected chi connectivity index (χ1v) is 7.92. The Hall–Kier alpha value is -3.07. The van der Waals surface area contributed by atoms with E-state index in [1.807, 2.05) is 54.6 Å². The average Bonchev–Trinajstić information content (AvgIpc) is 2.63. The molecular weight excluding hydrogens is 296 g/mol. The summed E-state index contributed by atoms with van der Waals surface area (Å²) in [5.41, 5.74) is 7.36. The Morgan fingerprint density at radius 1 is 0.917 bits per heavy atom. The highest BCUT2D eigenvalue weighted by Crippen LogP contribution is 2.14. The van der Waals surface area contributed by atoms with Crippen LogP contribution < -0.4 is 10.2 Å². The Morgan fingerprint density at radius 2 is 1.71 bits per heavy atom. The summed E-state index contributed by atoms with van der Waals surface area (Å²) in [6, 6.07) is 26.1. The van der Waals surface area contributed by atoms with Crippen LogP contribution in [0.25, 0.3) is 0 Å². The second-order valence-corrected chi connectivity index (χ2v) is 5.58. The summed E-state index contributed by atoms with van der Waals surface area (Å²) in [4.78, 5) is 0. The van der Waals surface area contributed by atoms with Crippen molar-refractivity contribution in [3.8, 4) is 5.75 Å². The van der Waals surface area contributed by atoms with Gasteiger partial charge in [0.25, 0.3) is 0 Å². The molecule has 0 atom stereocenters. The van der Waals surface area contributed by atoms with E-state index >= 15 is 0 Å². The number of aryl methyl sites for hydroxylation is 1. The van der Waals surface area contributed by atoms with Gasteiger partial charge in [-0.15, -0.1) is 0 Å². The van der Waals surface area contributed by atoms with E-state index in [1.165, 1.54) is 5.56 Å². The molecule has 0 amide bonds. The van der Waals surface area contributed by atoms with Gasteiger partial charge < -0.3 is 4.74 Å². The monoisotopic (exact) mass is 316 g/mol. The van der Waals surface area contributed by atoms with Crippen molar-refractivity contribution in [2.24, 2.45) is 5.10 Å². The fourth-order valence-electron chi connectivity index (χ4n) is 2.23. The zero-order valence-corrected chi connectivity index (χ0v) is 13.6. The number of anilines is 1. The standard InChI is InChI=1S/C21H20N2O/c1-17-10-12-20(13-11-17)23-22-15-19-8-5-9-21(14-19)24-16-18-6-3-2-4-7-18/h2-15,23H,16H2,1H3. The largest absolute Gasteiger partial charge is 0.489 e. The molecule has 3 aromatic rings. The van der Waals surface area contributed by atoms with E-state index in [9.17, 15) is 0 Å². The SMILES string of the molecule is Cc1ccc(NN=Cc2cccc(OCc3ccccc3)c2)cc1. The van der Waals surface area contributed by atoms with Crippen molar-refractivity contribution in [1.82, 2.24) is 0 Å². The Labute approximate surface area is 142 Å². The second kappa shape index (κ2) is 7.97. The molecule has 3 rings (SSSR count). The Kier molecular flexibility index (Phi) is 5.25. The van der Waals surface area contributed by atoms with Crippen LogP contribution in [-0.2, 0) is 6.61 Å². The van der Waals surface area contributed by atoms with Crippen LogP contribution in [0.1, 0.15) is 16.7 Å². The minimum Gasteiger partial charge on any atom is -0.489 e. The lowest BCUT2D eigenvalue weighted by Gasteiger charge is -2.06. The molecule has 0 aliphatic heterocycles. The molecule has 0 spiro atoms. The van der Waals surface area contributed by atoms with Crippen molar-refractivity contribution in [1.29, 1.82) is 0 Å². The molecule has 1 N–H and O–H groups in total. The number of nitrogens with one attached hydrogen (secondary N) is 1. The lowest BCUT2D eigenvalue weighted by molar-refractivity contribution is 0.306. The van der Waals surface area contributed by atoms with Crippen molar-refractivity contribution in [3.63, 3.8) is 0 Å². The van der Waals surface area contributed by atoms with Gasteiger partial charge in [-0.1, -0.05) is 60.2 Å². The predicted molar refractivity (Wildman–Crippen MR) is 99.6 cm³/mol. The predicted octanol–water partition coefficient (Wildman–Crippen LogP) is 5.02. The van der Waals surface area contributed by atoms with Crippen molar-refractivity contribution in [2.45, 2.75) is 13.5 Å². The summed E-state index contributed by atoms with van der Waals surface area (Å²) in [6.45, 7) is 2.62. The first-order chi connectivity index (χ1) is 11.8. The quantitative estimate of drug-likeness (QED) is 0.512. The van der Waals surface area contributed by atoms with E-state index in [0.29, 0.717) is 6.61 Å². The molecule has 0 saturated carbocycles. The molecule has 0 fully saturated rings. The lowest BCUT2D eigenvalue weighted by Crippen LogP contribution is -1.96. The van der Waals surface area contributed by atoms with E-state index in [0.717, 1.165) is 22.6 Å². The van der Waals surface area contributed by atoms with Crippen LogP contribution in [0.2, 0.25) is 0 Å². The van der Waals surface area contributed by atoms with Crippen molar-refractivity contribution in [2.75, 3.05) is 5.43 Å². The summed E-state index contributed by atoms with van der Waals surface area (Å²) in [6.07, 6.45) is 1.79. The summed E-state index contributed by atoms with van der Waals surface area (Å²) in [5, 5.41) is 4.27. The molecule has 0 aliphatic carbocycles. The van der Waals surface area contributed by atoms with Crippen LogP contribution in [0.3, 0.4) is 0 Å². The highest BCUT2D eigenvalue weighted by molar-refractivity contribution is 5.80. The van der Waals surface area contributed by atoms with Gasteiger partial charge in [0, 0.05) is 0 Å². The highest BCUT2D eigenvalue weighted by Gasteiger charge is 1.97. The first-order valence-electron chi connectivity index (χ1n) is 7.92. The molecule has 0 radical (unpaired) electrons. The van der Waals surface area contributed by atoms with Crippen LogP contribution in [0.15, 0.2) is 84.0 Å². The van der Waals surface area contributed by atoms with Gasteiger partial charge in [-0.05, 0) is 42.3 Å². The van der Waals surface area contributed by atoms with Crippen LogP contribution >= 0.6 is 0 Å². The van der Waals surface area contributed by atoms with E-state index in [1.54, 1.807) is 6.21 Å². The third kappa shape index (κ3) is 4.71. The molecule has 0 unspecified atom stereocenters. The van der Waals surface area contributed by atoms with Crippen LogP contribution in [-0.4, -0.2) is 6.21 Å². The normalized spacial score (nSPS) is 10.7. The smallest absolute Gasteiger partial charge is 0.120 e. The minimum atomic E-state index is 0.559. The fraction of sp³-hybridized carbons (Fsp3) is 0.0952. The summed E-state index contributed by atoms with van der Waals surface area (Å²) in [5.74, 6) is 0.832. The summed E-state index contributed by atoms with van der Waals surface area (Å²) >= 11 is 0. The minimum absolute atomic E-state index is 0.559. The molecule has 24 heavy (non-hydrogen) atoms. The maximum absolute atomic E-state index is 5.83. The van der Waals surface area contributed by atoms with E-state index in [4.69, 9.17) is 4.74 Å². The molecule has 0 aliphatic rings. The van der Waals surface area contributed by atoms with E-state index in [2.05, 4.69) is 41.7 Å². The summed E-state index contributed by atoms with van der Waals surface area (Å²) in [7, 11) is 0. The number of nitrogens with zero attached hydrogens (tertiary/aromatic N) is 1. The molecular formula is C21H20N2O.